The first-order valence-electron chi connectivity index (χ1n) is 8.47. The highest BCUT2D eigenvalue weighted by molar-refractivity contribution is 7.00. The molecule has 0 radical (unpaired) electrons. The lowest BCUT2D eigenvalue weighted by molar-refractivity contribution is -0.117. The van der Waals surface area contributed by atoms with E-state index in [9.17, 15) is 14.7 Å². The van der Waals surface area contributed by atoms with Gasteiger partial charge in [0.1, 0.15) is 11.0 Å². The zero-order valence-corrected chi connectivity index (χ0v) is 15.4. The van der Waals surface area contributed by atoms with Crippen molar-refractivity contribution in [3.05, 3.63) is 59.6 Å². The number of carbonyl (C=O) groups is 2. The molecule has 0 saturated carbocycles. The van der Waals surface area contributed by atoms with Crippen molar-refractivity contribution < 1.29 is 14.7 Å². The second-order valence-electron chi connectivity index (χ2n) is 6.51. The molecule has 1 aliphatic heterocycles. The number of hydrogen-bond acceptors (Lipinski definition) is 7. The predicted molar refractivity (Wildman–Crippen MR) is 104 cm³/mol. The molecule has 9 heteroatoms. The molecule has 2 N–H and O–H groups in total. The lowest BCUT2D eigenvalue weighted by Crippen LogP contribution is -2.30. The predicted octanol–water partition coefficient (Wildman–Crippen LogP) is 3.06. The van der Waals surface area contributed by atoms with Gasteiger partial charge in [0.05, 0.1) is 40.7 Å². The van der Waals surface area contributed by atoms with Crippen LogP contribution >= 0.6 is 11.7 Å². The molecule has 28 heavy (non-hydrogen) atoms. The number of fused-ring (bicyclic) bond motifs is 2. The molecule has 1 amide bonds. The highest BCUT2D eigenvalue weighted by Gasteiger charge is 2.43. The van der Waals surface area contributed by atoms with E-state index in [1.165, 1.54) is 11.8 Å². The summed E-state index contributed by atoms with van der Waals surface area (Å²) in [6, 6.07) is 9.92. The number of benzene rings is 2. The molecule has 1 aliphatic rings. The second kappa shape index (κ2) is 5.96. The average Bonchev–Trinajstić information content (AvgIpc) is 3.39. The fourth-order valence-electron chi connectivity index (χ4n) is 3.59. The number of aromatic amines is 1. The van der Waals surface area contributed by atoms with Gasteiger partial charge in [0.25, 0.3) is 5.91 Å². The number of amides is 1. The molecule has 1 atom stereocenters. The summed E-state index contributed by atoms with van der Waals surface area (Å²) in [6.07, 6.45) is 1.57. The van der Waals surface area contributed by atoms with Crippen LogP contribution in [-0.2, 0) is 9.59 Å². The minimum Gasteiger partial charge on any atom is -0.503 e. The lowest BCUT2D eigenvalue weighted by Gasteiger charge is -2.26. The molecule has 8 nitrogen and oxygen atoms in total. The van der Waals surface area contributed by atoms with Crippen molar-refractivity contribution in [1.82, 2.24) is 18.7 Å². The number of ketones is 1. The third-order valence-electron chi connectivity index (χ3n) is 4.86. The van der Waals surface area contributed by atoms with Crippen molar-refractivity contribution in [3.8, 4) is 0 Å². The molecule has 4 aromatic rings. The van der Waals surface area contributed by atoms with Crippen molar-refractivity contribution in [3.63, 3.8) is 0 Å². The van der Waals surface area contributed by atoms with E-state index in [0.29, 0.717) is 16.8 Å². The Hall–Kier alpha value is -3.59. The number of anilines is 1. The number of hydrogen-bond donors (Lipinski definition) is 2. The summed E-state index contributed by atoms with van der Waals surface area (Å²) in [5, 5.41) is 10.5. The fourth-order valence-corrected chi connectivity index (χ4v) is 4.11. The number of rotatable bonds is 3. The van der Waals surface area contributed by atoms with Crippen LogP contribution in [-0.4, -0.2) is 35.5 Å². The first-order chi connectivity index (χ1) is 13.5. The highest BCUT2D eigenvalue weighted by Crippen LogP contribution is 2.41. The summed E-state index contributed by atoms with van der Waals surface area (Å²) in [7, 11) is 0. The minimum absolute atomic E-state index is 0.0669. The summed E-state index contributed by atoms with van der Waals surface area (Å²) < 4.78 is 8.43. The number of nitrogens with zero attached hydrogens (tertiary/aromatic N) is 4. The monoisotopic (exact) mass is 391 g/mol. The van der Waals surface area contributed by atoms with E-state index in [2.05, 4.69) is 18.7 Å². The number of carbonyl (C=O) groups excluding carboxylic acids is 2. The van der Waals surface area contributed by atoms with Crippen LogP contribution in [0.2, 0.25) is 0 Å². The molecule has 2 aromatic carbocycles. The Bertz CT molecular complexity index is 1310. The van der Waals surface area contributed by atoms with Gasteiger partial charge in [-0.05, 0) is 42.8 Å². The number of aliphatic hydroxyl groups excluding tert-OH is 1. The van der Waals surface area contributed by atoms with Gasteiger partial charge < -0.3 is 10.1 Å². The van der Waals surface area contributed by atoms with Crippen LogP contribution in [0.5, 0.6) is 0 Å². The Morgan fingerprint density at radius 1 is 1.14 bits per heavy atom. The highest BCUT2D eigenvalue weighted by atomic mass is 32.1. The zero-order valence-electron chi connectivity index (χ0n) is 14.6. The lowest BCUT2D eigenvalue weighted by atomic mass is 9.96. The number of imidazole rings is 1. The topological polar surface area (TPSA) is 112 Å². The molecule has 0 fully saturated rings. The zero-order chi connectivity index (χ0) is 19.4. The first-order valence-corrected chi connectivity index (χ1v) is 9.20. The van der Waals surface area contributed by atoms with Crippen molar-refractivity contribution in [2.45, 2.75) is 13.0 Å². The van der Waals surface area contributed by atoms with Gasteiger partial charge in [0.15, 0.2) is 11.5 Å². The third kappa shape index (κ3) is 2.33. The van der Waals surface area contributed by atoms with Crippen LogP contribution in [0.3, 0.4) is 0 Å². The van der Waals surface area contributed by atoms with E-state index in [4.69, 9.17) is 0 Å². The third-order valence-corrected chi connectivity index (χ3v) is 5.42. The Kier molecular flexibility index (Phi) is 3.53. The number of Topliss-reactive ketones (excluding diaryl/α,β-unsaturated/α-hetero) is 1. The summed E-state index contributed by atoms with van der Waals surface area (Å²) in [5.74, 6) is -1.51. The van der Waals surface area contributed by atoms with E-state index in [0.717, 1.165) is 28.3 Å². The second-order valence-corrected chi connectivity index (χ2v) is 7.04. The van der Waals surface area contributed by atoms with Crippen LogP contribution in [0.4, 0.5) is 5.69 Å². The van der Waals surface area contributed by atoms with Crippen LogP contribution < -0.4 is 4.90 Å². The number of H-pyrrole nitrogens is 1. The molecule has 5 rings (SSSR count). The van der Waals surface area contributed by atoms with E-state index >= 15 is 0 Å². The number of aromatic nitrogens is 4. The van der Waals surface area contributed by atoms with E-state index < -0.39 is 17.7 Å². The summed E-state index contributed by atoms with van der Waals surface area (Å²) in [5.41, 5.74) is 4.20. The Labute approximate surface area is 162 Å². The van der Waals surface area contributed by atoms with Crippen LogP contribution in [0.1, 0.15) is 18.5 Å². The summed E-state index contributed by atoms with van der Waals surface area (Å²) in [6.45, 7) is 1.34. The normalized spacial score (nSPS) is 17.2. The number of aliphatic hydroxyl groups is 1. The van der Waals surface area contributed by atoms with Gasteiger partial charge in [-0.25, -0.2) is 4.98 Å². The molecule has 0 saturated heterocycles. The SMILES string of the molecule is CC(=O)C1=C(O)C(=O)N(c2ccc3nc[nH]c3c2)C1c1ccc2nsnc2c1. The van der Waals surface area contributed by atoms with Crippen LogP contribution in [0.15, 0.2) is 54.1 Å². The van der Waals surface area contributed by atoms with E-state index in [1.807, 2.05) is 0 Å². The Balaban J connectivity index is 1.71. The minimum atomic E-state index is -0.753. The van der Waals surface area contributed by atoms with Gasteiger partial charge >= 0.3 is 0 Å². The van der Waals surface area contributed by atoms with Gasteiger partial charge in [0.2, 0.25) is 0 Å². The van der Waals surface area contributed by atoms with Gasteiger partial charge in [-0.1, -0.05) is 6.07 Å². The molecular weight excluding hydrogens is 378 g/mol. The molecule has 1 unspecified atom stereocenters. The van der Waals surface area contributed by atoms with Gasteiger partial charge in [-0.15, -0.1) is 0 Å². The maximum atomic E-state index is 12.9. The quantitative estimate of drug-likeness (QED) is 0.555. The van der Waals surface area contributed by atoms with Crippen molar-refractivity contribution in [2.75, 3.05) is 4.90 Å². The van der Waals surface area contributed by atoms with Crippen molar-refractivity contribution in [1.29, 1.82) is 0 Å². The molecule has 0 spiro atoms. The first kappa shape index (κ1) is 16.6. The fraction of sp³-hybridized carbons (Fsp3) is 0.105. The Morgan fingerprint density at radius 2 is 1.93 bits per heavy atom. The number of nitrogens with one attached hydrogen (secondary N) is 1. The molecule has 0 aliphatic carbocycles. The standard InChI is InChI=1S/C19H13N5O3S/c1-9(25)16-17(10-2-4-13-15(6-10)23-28-22-13)24(19(27)18(16)26)11-3-5-12-14(7-11)21-8-20-12/h2-8,17,26H,1H3,(H,20,21). The maximum Gasteiger partial charge on any atom is 0.294 e. The molecule has 138 valence electrons. The van der Waals surface area contributed by atoms with Gasteiger partial charge in [0, 0.05) is 5.69 Å². The largest absolute Gasteiger partial charge is 0.503 e. The summed E-state index contributed by atoms with van der Waals surface area (Å²) >= 11 is 1.09. The molecule has 2 aromatic heterocycles. The van der Waals surface area contributed by atoms with Crippen LogP contribution in [0, 0.1) is 0 Å². The smallest absolute Gasteiger partial charge is 0.294 e. The van der Waals surface area contributed by atoms with Crippen LogP contribution in [0.25, 0.3) is 22.1 Å². The van der Waals surface area contributed by atoms with Crippen molar-refractivity contribution >= 4 is 51.2 Å². The summed E-state index contributed by atoms with van der Waals surface area (Å²) in [4.78, 5) is 33.8. The van der Waals surface area contributed by atoms with E-state index in [1.54, 1.807) is 42.7 Å². The Morgan fingerprint density at radius 3 is 2.75 bits per heavy atom. The van der Waals surface area contributed by atoms with E-state index in [-0.39, 0.29) is 11.4 Å². The maximum absolute atomic E-state index is 12.9. The molecule has 3 heterocycles. The molecular formula is C19H13N5O3S. The average molecular weight is 391 g/mol. The van der Waals surface area contributed by atoms with Crippen molar-refractivity contribution in [2.24, 2.45) is 0 Å². The molecule has 0 bridgehead atoms. The van der Waals surface area contributed by atoms with Gasteiger partial charge in [-0.2, -0.15) is 8.75 Å². The van der Waals surface area contributed by atoms with Gasteiger partial charge in [-0.3, -0.25) is 14.5 Å².